The van der Waals surface area contributed by atoms with Gasteiger partial charge in [-0.2, -0.15) is 0 Å². The summed E-state index contributed by atoms with van der Waals surface area (Å²) in [6, 6.07) is 2.85. The number of phenols is 1. The van der Waals surface area contributed by atoms with Gasteiger partial charge in [0.15, 0.2) is 11.5 Å². The molecule has 0 atom stereocenters. The van der Waals surface area contributed by atoms with Crippen LogP contribution < -0.4 is 10.1 Å². The van der Waals surface area contributed by atoms with Crippen LogP contribution in [0.5, 0.6) is 11.5 Å². The highest BCUT2D eigenvalue weighted by atomic mass is 16.6. The Morgan fingerprint density at radius 3 is 2.64 bits per heavy atom. The van der Waals surface area contributed by atoms with Crippen molar-refractivity contribution in [2.24, 2.45) is 0 Å². The van der Waals surface area contributed by atoms with E-state index in [0.717, 1.165) is 0 Å². The first-order valence-electron chi connectivity index (χ1n) is 6.58. The summed E-state index contributed by atoms with van der Waals surface area (Å²) in [4.78, 5) is 22.3. The molecular weight excluding hydrogens is 286 g/mol. The molecule has 0 bridgehead atoms. The Morgan fingerprint density at radius 2 is 2.09 bits per heavy atom. The average molecular weight is 305 g/mol. The second-order valence-electron chi connectivity index (χ2n) is 5.39. The van der Waals surface area contributed by atoms with E-state index in [1.54, 1.807) is 20.8 Å². The summed E-state index contributed by atoms with van der Waals surface area (Å²) in [6.45, 7) is 5.32. The van der Waals surface area contributed by atoms with Crippen molar-refractivity contribution < 1.29 is 24.2 Å². The molecule has 0 aliphatic rings. The van der Waals surface area contributed by atoms with E-state index < -0.39 is 11.7 Å². The van der Waals surface area contributed by atoms with Crippen LogP contribution in [0.1, 0.15) is 36.7 Å². The number of methoxy groups -OCH3 is 1. The normalized spacial score (nSPS) is 10.2. The van der Waals surface area contributed by atoms with Crippen LogP contribution in [-0.4, -0.2) is 36.7 Å². The smallest absolute Gasteiger partial charge is 0.408 e. The molecule has 1 rings (SSSR count). The highest BCUT2D eigenvalue weighted by Crippen LogP contribution is 2.30. The number of hydrogen-bond donors (Lipinski definition) is 2. The highest BCUT2D eigenvalue weighted by Gasteiger charge is 2.15. The van der Waals surface area contributed by atoms with Crippen LogP contribution in [0.15, 0.2) is 12.1 Å². The van der Waals surface area contributed by atoms with Gasteiger partial charge >= 0.3 is 6.09 Å². The number of amides is 1. The molecule has 0 heterocycles. The molecule has 0 saturated carbocycles. The molecule has 0 aliphatic carbocycles. The Bertz CT molecular complexity index is 620. The first kappa shape index (κ1) is 17.4. The van der Waals surface area contributed by atoms with E-state index >= 15 is 0 Å². The van der Waals surface area contributed by atoms with E-state index in [-0.39, 0.29) is 23.6 Å². The largest absolute Gasteiger partial charge is 0.503 e. The molecule has 0 radical (unpaired) electrons. The predicted octanol–water partition coefficient (Wildman–Crippen LogP) is 2.09. The fraction of sp³-hybridized carbons (Fsp3) is 0.375. The highest BCUT2D eigenvalue weighted by molar-refractivity contribution is 5.78. The van der Waals surface area contributed by atoms with Crippen LogP contribution in [0.4, 0.5) is 4.79 Å². The molecule has 0 saturated heterocycles. The number of carbonyl (C=O) groups excluding carboxylic acids is 2. The first-order chi connectivity index (χ1) is 10.3. The van der Waals surface area contributed by atoms with Gasteiger partial charge < -0.3 is 19.9 Å². The van der Waals surface area contributed by atoms with E-state index in [2.05, 4.69) is 17.2 Å². The van der Waals surface area contributed by atoms with Gasteiger partial charge in [0.1, 0.15) is 11.9 Å². The monoisotopic (exact) mass is 305 g/mol. The zero-order valence-corrected chi connectivity index (χ0v) is 13.0. The van der Waals surface area contributed by atoms with Gasteiger partial charge in [0.05, 0.1) is 19.2 Å². The molecule has 1 aromatic carbocycles. The van der Waals surface area contributed by atoms with Gasteiger partial charge in [-0.15, -0.1) is 0 Å². The maximum atomic E-state index is 11.4. The van der Waals surface area contributed by atoms with E-state index in [0.29, 0.717) is 11.8 Å². The van der Waals surface area contributed by atoms with Gasteiger partial charge in [0.25, 0.3) is 0 Å². The van der Waals surface area contributed by atoms with Gasteiger partial charge in [0.2, 0.25) is 0 Å². The number of aldehydes is 1. The molecule has 22 heavy (non-hydrogen) atoms. The number of ether oxygens (including phenoxy) is 2. The lowest BCUT2D eigenvalue weighted by atomic mass is 10.1. The number of aromatic hydroxyl groups is 1. The number of phenolic OH excluding ortho intramolecular Hbond substituents is 1. The second-order valence-corrected chi connectivity index (χ2v) is 5.39. The van der Waals surface area contributed by atoms with Crippen molar-refractivity contribution in [3.05, 3.63) is 23.3 Å². The summed E-state index contributed by atoms with van der Waals surface area (Å²) in [7, 11) is 1.38. The van der Waals surface area contributed by atoms with E-state index in [1.807, 2.05) is 0 Å². The summed E-state index contributed by atoms with van der Waals surface area (Å²) < 4.78 is 10.0. The number of benzene rings is 1. The van der Waals surface area contributed by atoms with Crippen molar-refractivity contribution in [3.8, 4) is 23.3 Å². The Kier molecular flexibility index (Phi) is 5.81. The minimum atomic E-state index is -0.582. The number of carbonyl (C=O) groups is 2. The van der Waals surface area contributed by atoms with Crippen molar-refractivity contribution >= 4 is 12.4 Å². The van der Waals surface area contributed by atoms with Gasteiger partial charge in [0, 0.05) is 5.56 Å². The third kappa shape index (κ3) is 5.37. The Labute approximate surface area is 129 Å². The molecule has 1 aromatic rings. The van der Waals surface area contributed by atoms with Gasteiger partial charge in [-0.05, 0) is 32.9 Å². The number of nitrogens with one attached hydrogen (secondary N) is 1. The Balaban J connectivity index is 2.76. The number of hydrogen-bond acceptors (Lipinski definition) is 5. The minimum absolute atomic E-state index is 0.0436. The fourth-order valence-corrected chi connectivity index (χ4v) is 1.52. The van der Waals surface area contributed by atoms with Crippen molar-refractivity contribution in [2.75, 3.05) is 13.7 Å². The molecule has 0 fully saturated rings. The SMILES string of the molecule is COc1cc(C=O)cc(C#CCNC(=O)OC(C)(C)C)c1O. The van der Waals surface area contributed by atoms with Crippen LogP contribution in [0.2, 0.25) is 0 Å². The maximum Gasteiger partial charge on any atom is 0.408 e. The quantitative estimate of drug-likeness (QED) is 0.660. The van der Waals surface area contributed by atoms with Crippen molar-refractivity contribution in [1.82, 2.24) is 5.32 Å². The maximum absolute atomic E-state index is 11.4. The summed E-state index contributed by atoms with van der Waals surface area (Å²) in [5, 5.41) is 12.4. The van der Waals surface area contributed by atoms with Gasteiger partial charge in [-0.25, -0.2) is 4.79 Å². The van der Waals surface area contributed by atoms with Crippen LogP contribution in [-0.2, 0) is 4.74 Å². The molecule has 118 valence electrons. The van der Waals surface area contributed by atoms with Crippen LogP contribution in [0.3, 0.4) is 0 Å². The molecule has 2 N–H and O–H groups in total. The van der Waals surface area contributed by atoms with Crippen LogP contribution in [0.25, 0.3) is 0 Å². The third-order valence-electron chi connectivity index (χ3n) is 2.40. The second kappa shape index (κ2) is 7.36. The van der Waals surface area contributed by atoms with Crippen molar-refractivity contribution in [2.45, 2.75) is 26.4 Å². The lowest BCUT2D eigenvalue weighted by Gasteiger charge is -2.19. The zero-order valence-electron chi connectivity index (χ0n) is 13.0. The van der Waals surface area contributed by atoms with Gasteiger partial charge in [-0.3, -0.25) is 4.79 Å². The summed E-state index contributed by atoms with van der Waals surface area (Å²) in [5.41, 5.74) is -0.00645. The lowest BCUT2D eigenvalue weighted by molar-refractivity contribution is 0.0535. The third-order valence-corrected chi connectivity index (χ3v) is 2.40. The molecule has 1 amide bonds. The summed E-state index contributed by atoms with van der Waals surface area (Å²) in [5.74, 6) is 5.35. The Hall–Kier alpha value is -2.68. The lowest BCUT2D eigenvalue weighted by Crippen LogP contribution is -2.32. The number of alkyl carbamates (subject to hydrolysis) is 1. The molecular formula is C16H19NO5. The molecule has 0 aromatic heterocycles. The fourth-order valence-electron chi connectivity index (χ4n) is 1.52. The molecule has 6 nitrogen and oxygen atoms in total. The van der Waals surface area contributed by atoms with Crippen molar-refractivity contribution in [3.63, 3.8) is 0 Å². The summed E-state index contributed by atoms with van der Waals surface area (Å²) in [6.07, 6.45) is 0.0526. The molecule has 6 heteroatoms. The standard InChI is InChI=1S/C16H19NO5/c1-16(2,3)22-15(20)17-7-5-6-12-8-11(10-18)9-13(21-4)14(12)19/h8-10,19H,7H2,1-4H3,(H,17,20). The predicted molar refractivity (Wildman–Crippen MR) is 81.2 cm³/mol. The van der Waals surface area contributed by atoms with E-state index in [1.165, 1.54) is 19.2 Å². The first-order valence-corrected chi connectivity index (χ1v) is 6.58. The van der Waals surface area contributed by atoms with Gasteiger partial charge in [-0.1, -0.05) is 11.8 Å². The molecule has 0 spiro atoms. The number of rotatable bonds is 3. The van der Waals surface area contributed by atoms with Crippen LogP contribution in [0, 0.1) is 11.8 Å². The minimum Gasteiger partial charge on any atom is -0.503 e. The topological polar surface area (TPSA) is 84.9 Å². The Morgan fingerprint density at radius 1 is 1.41 bits per heavy atom. The average Bonchev–Trinajstić information content (AvgIpc) is 2.43. The van der Waals surface area contributed by atoms with E-state index in [9.17, 15) is 14.7 Å². The zero-order chi connectivity index (χ0) is 16.8. The van der Waals surface area contributed by atoms with Crippen LogP contribution >= 0.6 is 0 Å². The summed E-state index contributed by atoms with van der Waals surface area (Å²) >= 11 is 0. The van der Waals surface area contributed by atoms with E-state index in [4.69, 9.17) is 9.47 Å². The molecule has 0 unspecified atom stereocenters. The van der Waals surface area contributed by atoms with Crippen molar-refractivity contribution in [1.29, 1.82) is 0 Å². The molecule has 0 aliphatic heterocycles.